The maximum Gasteiger partial charge on any atom is 0.243 e. The molecule has 0 atom stereocenters. The second-order valence-corrected chi connectivity index (χ2v) is 7.62. The predicted octanol–water partition coefficient (Wildman–Crippen LogP) is 2.56. The van der Waals surface area contributed by atoms with Gasteiger partial charge in [-0.25, -0.2) is 8.42 Å². The summed E-state index contributed by atoms with van der Waals surface area (Å²) in [6.45, 7) is 2.03. The van der Waals surface area contributed by atoms with Crippen LogP contribution in [0.2, 0.25) is 0 Å². The quantitative estimate of drug-likeness (QED) is 0.840. The molecule has 0 bridgehead atoms. The molecule has 0 aliphatic rings. The average Bonchev–Trinajstić information content (AvgIpc) is 2.43. The lowest BCUT2D eigenvalue weighted by Gasteiger charge is -2.19. The van der Waals surface area contributed by atoms with Crippen LogP contribution in [-0.4, -0.2) is 24.8 Å². The molecule has 1 aromatic heterocycles. The molecular formula is C14H16BrN3O2S. The van der Waals surface area contributed by atoms with E-state index in [1.165, 1.54) is 10.4 Å². The predicted molar refractivity (Wildman–Crippen MR) is 86.2 cm³/mol. The fraction of sp³-hybridized carbons (Fsp3) is 0.214. The summed E-state index contributed by atoms with van der Waals surface area (Å²) in [6, 6.07) is 6.77. The zero-order valence-electron chi connectivity index (χ0n) is 11.7. The number of sulfonamides is 1. The number of pyridine rings is 1. The first kappa shape index (κ1) is 15.9. The lowest BCUT2D eigenvalue weighted by atomic mass is 10.2. The van der Waals surface area contributed by atoms with Crippen LogP contribution < -0.4 is 5.73 Å². The summed E-state index contributed by atoms with van der Waals surface area (Å²) in [4.78, 5) is 4.14. The van der Waals surface area contributed by atoms with Crippen molar-refractivity contribution in [2.24, 2.45) is 0 Å². The highest BCUT2D eigenvalue weighted by Crippen LogP contribution is 2.28. The molecule has 7 heteroatoms. The van der Waals surface area contributed by atoms with E-state index >= 15 is 0 Å². The van der Waals surface area contributed by atoms with Gasteiger partial charge in [-0.15, -0.1) is 0 Å². The van der Waals surface area contributed by atoms with E-state index in [0.717, 1.165) is 5.56 Å². The molecular weight excluding hydrogens is 354 g/mol. The molecule has 2 aromatic rings. The third-order valence-electron chi connectivity index (χ3n) is 3.14. The van der Waals surface area contributed by atoms with E-state index in [9.17, 15) is 8.42 Å². The van der Waals surface area contributed by atoms with Gasteiger partial charge in [-0.2, -0.15) is 4.31 Å². The zero-order chi connectivity index (χ0) is 15.6. The van der Waals surface area contributed by atoms with Crippen LogP contribution in [0.25, 0.3) is 0 Å². The summed E-state index contributed by atoms with van der Waals surface area (Å²) < 4.78 is 27.3. The van der Waals surface area contributed by atoms with Crippen LogP contribution in [-0.2, 0) is 16.6 Å². The van der Waals surface area contributed by atoms with E-state index in [-0.39, 0.29) is 11.4 Å². The lowest BCUT2D eigenvalue weighted by Crippen LogP contribution is -2.27. The first-order valence-corrected chi connectivity index (χ1v) is 8.46. The number of rotatable bonds is 4. The summed E-state index contributed by atoms with van der Waals surface area (Å²) in [5.74, 6) is 0. The normalized spacial score (nSPS) is 11.8. The summed E-state index contributed by atoms with van der Waals surface area (Å²) >= 11 is 3.30. The third kappa shape index (κ3) is 3.42. The SMILES string of the molecule is Cc1cc(Br)c(N)cc1S(=O)(=O)N(C)Cc1ccncc1. The van der Waals surface area contributed by atoms with Gasteiger partial charge in [0, 0.05) is 36.1 Å². The highest BCUT2D eigenvalue weighted by Gasteiger charge is 2.23. The maximum absolute atomic E-state index is 12.7. The van der Waals surface area contributed by atoms with Gasteiger partial charge in [-0.05, 0) is 58.2 Å². The van der Waals surface area contributed by atoms with Crippen molar-refractivity contribution in [3.8, 4) is 0 Å². The number of hydrogen-bond acceptors (Lipinski definition) is 4. The molecule has 112 valence electrons. The van der Waals surface area contributed by atoms with E-state index in [1.54, 1.807) is 44.6 Å². The van der Waals surface area contributed by atoms with Gasteiger partial charge in [0.25, 0.3) is 0 Å². The molecule has 0 spiro atoms. The Balaban J connectivity index is 2.36. The van der Waals surface area contributed by atoms with Crippen molar-refractivity contribution in [3.05, 3.63) is 52.3 Å². The van der Waals surface area contributed by atoms with Crippen molar-refractivity contribution in [2.75, 3.05) is 12.8 Å². The van der Waals surface area contributed by atoms with Crippen LogP contribution in [0.3, 0.4) is 0 Å². The Labute approximate surface area is 133 Å². The maximum atomic E-state index is 12.7. The number of nitrogens with zero attached hydrogens (tertiary/aromatic N) is 2. The van der Waals surface area contributed by atoms with Crippen LogP contribution in [0.4, 0.5) is 5.69 Å². The number of aromatic nitrogens is 1. The van der Waals surface area contributed by atoms with Gasteiger partial charge in [-0.3, -0.25) is 4.98 Å². The molecule has 1 heterocycles. The Bertz CT molecular complexity index is 748. The Hall–Kier alpha value is -1.44. The summed E-state index contributed by atoms with van der Waals surface area (Å²) in [7, 11) is -2.05. The van der Waals surface area contributed by atoms with E-state index in [2.05, 4.69) is 20.9 Å². The molecule has 0 fully saturated rings. The van der Waals surface area contributed by atoms with Crippen LogP contribution in [0.5, 0.6) is 0 Å². The minimum atomic E-state index is -3.60. The Kier molecular flexibility index (Phi) is 4.65. The third-order valence-corrected chi connectivity index (χ3v) is 5.77. The number of aryl methyl sites for hydroxylation is 1. The summed E-state index contributed by atoms with van der Waals surface area (Å²) in [6.07, 6.45) is 3.28. The molecule has 0 saturated heterocycles. The fourth-order valence-electron chi connectivity index (χ4n) is 1.94. The molecule has 5 nitrogen and oxygen atoms in total. The molecule has 21 heavy (non-hydrogen) atoms. The van der Waals surface area contributed by atoms with Gasteiger partial charge in [0.15, 0.2) is 0 Å². The largest absolute Gasteiger partial charge is 0.398 e. The number of anilines is 1. The van der Waals surface area contributed by atoms with Gasteiger partial charge < -0.3 is 5.73 Å². The molecule has 0 unspecified atom stereocenters. The van der Waals surface area contributed by atoms with Crippen LogP contribution in [0.15, 0.2) is 46.0 Å². The molecule has 0 aliphatic carbocycles. The smallest absolute Gasteiger partial charge is 0.243 e. The number of halogens is 1. The Morgan fingerprint density at radius 3 is 2.52 bits per heavy atom. The van der Waals surface area contributed by atoms with E-state index in [1.807, 2.05) is 0 Å². The van der Waals surface area contributed by atoms with E-state index in [0.29, 0.717) is 15.7 Å². The van der Waals surface area contributed by atoms with Gasteiger partial charge in [0.05, 0.1) is 4.90 Å². The van der Waals surface area contributed by atoms with Crippen molar-refractivity contribution in [3.63, 3.8) is 0 Å². The first-order valence-electron chi connectivity index (χ1n) is 6.23. The second kappa shape index (κ2) is 6.13. The fourth-order valence-corrected chi connectivity index (χ4v) is 3.80. The second-order valence-electron chi connectivity index (χ2n) is 4.76. The van der Waals surface area contributed by atoms with Gasteiger partial charge in [-0.1, -0.05) is 0 Å². The van der Waals surface area contributed by atoms with Crippen LogP contribution in [0, 0.1) is 6.92 Å². The highest BCUT2D eigenvalue weighted by molar-refractivity contribution is 9.10. The summed E-state index contributed by atoms with van der Waals surface area (Å²) in [5.41, 5.74) is 7.72. The minimum absolute atomic E-state index is 0.222. The van der Waals surface area contributed by atoms with Crippen LogP contribution in [0.1, 0.15) is 11.1 Å². The van der Waals surface area contributed by atoms with Gasteiger partial charge in [0.2, 0.25) is 10.0 Å². The zero-order valence-corrected chi connectivity index (χ0v) is 14.1. The first-order chi connectivity index (χ1) is 9.82. The minimum Gasteiger partial charge on any atom is -0.398 e. The van der Waals surface area contributed by atoms with E-state index in [4.69, 9.17) is 5.73 Å². The molecule has 1 aromatic carbocycles. The van der Waals surface area contributed by atoms with Gasteiger partial charge >= 0.3 is 0 Å². The van der Waals surface area contributed by atoms with Gasteiger partial charge in [0.1, 0.15) is 0 Å². The van der Waals surface area contributed by atoms with Crippen LogP contribution >= 0.6 is 15.9 Å². The van der Waals surface area contributed by atoms with Crippen molar-refractivity contribution >= 4 is 31.6 Å². The number of hydrogen-bond donors (Lipinski definition) is 1. The molecule has 0 radical (unpaired) electrons. The number of benzene rings is 1. The van der Waals surface area contributed by atoms with E-state index < -0.39 is 10.0 Å². The topological polar surface area (TPSA) is 76.3 Å². The van der Waals surface area contributed by atoms with Crippen molar-refractivity contribution in [1.29, 1.82) is 0 Å². The molecule has 2 N–H and O–H groups in total. The molecule has 0 aliphatic heterocycles. The standard InChI is InChI=1S/C14H16BrN3O2S/c1-10-7-12(15)13(16)8-14(10)21(19,20)18(2)9-11-3-5-17-6-4-11/h3-8H,9,16H2,1-2H3. The average molecular weight is 370 g/mol. The Morgan fingerprint density at radius 1 is 1.29 bits per heavy atom. The number of nitrogens with two attached hydrogens (primary N) is 1. The highest BCUT2D eigenvalue weighted by atomic mass is 79.9. The summed E-state index contributed by atoms with van der Waals surface area (Å²) in [5, 5.41) is 0. The molecule has 0 amide bonds. The van der Waals surface area contributed by atoms with Crippen molar-refractivity contribution in [1.82, 2.24) is 9.29 Å². The number of nitrogen functional groups attached to an aromatic ring is 1. The molecule has 0 saturated carbocycles. The molecule has 2 rings (SSSR count). The van der Waals surface area contributed by atoms with Crippen molar-refractivity contribution < 1.29 is 8.42 Å². The lowest BCUT2D eigenvalue weighted by molar-refractivity contribution is 0.466. The van der Waals surface area contributed by atoms with Crippen molar-refractivity contribution in [2.45, 2.75) is 18.4 Å². The Morgan fingerprint density at radius 2 is 1.90 bits per heavy atom. The monoisotopic (exact) mass is 369 g/mol.